The van der Waals surface area contributed by atoms with Gasteiger partial charge in [0.2, 0.25) is 0 Å². The zero-order chi connectivity index (χ0) is 8.10. The number of nitrogens with one attached hydrogen (secondary N) is 1. The summed E-state index contributed by atoms with van der Waals surface area (Å²) in [5.74, 6) is 0.346. The van der Waals surface area contributed by atoms with Crippen LogP contribution in [0.3, 0.4) is 0 Å². The zero-order valence-corrected chi connectivity index (χ0v) is 6.67. The van der Waals surface area contributed by atoms with Crippen molar-refractivity contribution in [2.24, 2.45) is 0 Å². The van der Waals surface area contributed by atoms with Gasteiger partial charge in [0, 0.05) is 0 Å². The standard InChI is InChI=1S/C9H13NO.Li.H/c1-10-6-5-8-3-2-4-9(11)7-8;;/h2-4,7,10-11H,5-6H2,1H3;;. The summed E-state index contributed by atoms with van der Waals surface area (Å²) in [5, 5.41) is 12.1. The second kappa shape index (κ2) is 6.13. The maximum atomic E-state index is 9.09. The van der Waals surface area contributed by atoms with E-state index >= 15 is 0 Å². The molecule has 2 N–H and O–H groups in total. The number of aromatic hydroxyl groups is 1. The molecule has 12 heavy (non-hydrogen) atoms. The van der Waals surface area contributed by atoms with Gasteiger partial charge in [0.25, 0.3) is 0 Å². The van der Waals surface area contributed by atoms with Crippen LogP contribution in [0.4, 0.5) is 0 Å². The molecular formula is C9H14LiNO. The Morgan fingerprint density at radius 2 is 2.17 bits per heavy atom. The predicted molar refractivity (Wildman–Crippen MR) is 52.9 cm³/mol. The van der Waals surface area contributed by atoms with E-state index in [1.54, 1.807) is 12.1 Å². The van der Waals surface area contributed by atoms with Crippen molar-refractivity contribution in [3.63, 3.8) is 0 Å². The van der Waals surface area contributed by atoms with E-state index in [4.69, 9.17) is 5.11 Å². The van der Waals surface area contributed by atoms with Crippen LogP contribution in [0, 0.1) is 0 Å². The van der Waals surface area contributed by atoms with Crippen LogP contribution in [0.5, 0.6) is 5.75 Å². The number of rotatable bonds is 3. The molecule has 0 saturated carbocycles. The average Bonchev–Trinajstić information content (AvgIpc) is 2.01. The Bertz CT molecular complexity index is 228. The molecule has 0 unspecified atom stereocenters. The Labute approximate surface area is 85.2 Å². The predicted octanol–water partition coefficient (Wildman–Crippen LogP) is 0.506. The average molecular weight is 159 g/mol. The molecule has 0 aromatic heterocycles. The molecule has 0 radical (unpaired) electrons. The zero-order valence-electron chi connectivity index (χ0n) is 6.67. The summed E-state index contributed by atoms with van der Waals surface area (Å²) in [5.41, 5.74) is 1.17. The Balaban J connectivity index is 0.00000121. The Morgan fingerprint density at radius 1 is 1.42 bits per heavy atom. The minimum atomic E-state index is 0. The van der Waals surface area contributed by atoms with E-state index < -0.39 is 0 Å². The van der Waals surface area contributed by atoms with Gasteiger partial charge in [-0.2, -0.15) is 0 Å². The van der Waals surface area contributed by atoms with E-state index in [9.17, 15) is 0 Å². The normalized spacial score (nSPS) is 9.08. The molecule has 1 aromatic carbocycles. The first-order valence-electron chi connectivity index (χ1n) is 3.75. The van der Waals surface area contributed by atoms with E-state index in [0.717, 1.165) is 13.0 Å². The summed E-state index contributed by atoms with van der Waals surface area (Å²) in [6.07, 6.45) is 0.963. The van der Waals surface area contributed by atoms with Gasteiger partial charge in [0.05, 0.1) is 0 Å². The monoisotopic (exact) mass is 159 g/mol. The molecule has 1 aromatic rings. The molecule has 2 nitrogen and oxygen atoms in total. The van der Waals surface area contributed by atoms with Gasteiger partial charge < -0.3 is 10.4 Å². The Morgan fingerprint density at radius 3 is 2.75 bits per heavy atom. The van der Waals surface area contributed by atoms with Crippen molar-refractivity contribution in [2.75, 3.05) is 13.6 Å². The van der Waals surface area contributed by atoms with Gasteiger partial charge >= 0.3 is 18.9 Å². The SMILES string of the molecule is CNCCc1cccc(O)c1.[LiH]. The maximum absolute atomic E-state index is 9.09. The number of phenolic OH excluding ortho intramolecular Hbond substituents is 1. The molecule has 0 aliphatic carbocycles. The Hall–Kier alpha value is -0.423. The van der Waals surface area contributed by atoms with Crippen molar-refractivity contribution >= 4 is 18.9 Å². The molecular weight excluding hydrogens is 145 g/mol. The van der Waals surface area contributed by atoms with Crippen molar-refractivity contribution in [2.45, 2.75) is 6.42 Å². The fourth-order valence-corrected chi connectivity index (χ4v) is 0.981. The van der Waals surface area contributed by atoms with Crippen LogP contribution in [-0.4, -0.2) is 37.6 Å². The number of likely N-dealkylation sites (N-methyl/N-ethyl adjacent to an activating group) is 1. The van der Waals surface area contributed by atoms with Gasteiger partial charge in [-0.15, -0.1) is 0 Å². The van der Waals surface area contributed by atoms with Crippen molar-refractivity contribution in [3.8, 4) is 5.75 Å². The second-order valence-corrected chi connectivity index (χ2v) is 2.52. The molecule has 0 aliphatic rings. The second-order valence-electron chi connectivity index (χ2n) is 2.52. The summed E-state index contributed by atoms with van der Waals surface area (Å²) < 4.78 is 0. The molecule has 62 valence electrons. The van der Waals surface area contributed by atoms with E-state index in [-0.39, 0.29) is 18.9 Å². The summed E-state index contributed by atoms with van der Waals surface area (Å²) >= 11 is 0. The van der Waals surface area contributed by atoms with Crippen LogP contribution in [0.1, 0.15) is 5.56 Å². The third kappa shape index (κ3) is 3.82. The van der Waals surface area contributed by atoms with Gasteiger partial charge in [0.1, 0.15) is 5.75 Å². The van der Waals surface area contributed by atoms with E-state index in [2.05, 4.69) is 5.32 Å². The van der Waals surface area contributed by atoms with Gasteiger partial charge in [-0.05, 0) is 37.7 Å². The minimum absolute atomic E-state index is 0. The van der Waals surface area contributed by atoms with Crippen LogP contribution in [0.15, 0.2) is 24.3 Å². The van der Waals surface area contributed by atoms with Gasteiger partial charge in [-0.3, -0.25) is 0 Å². The van der Waals surface area contributed by atoms with Crippen LogP contribution in [0.25, 0.3) is 0 Å². The fraction of sp³-hybridized carbons (Fsp3) is 0.333. The Kier molecular flexibility index (Phi) is 5.92. The molecule has 0 bridgehead atoms. The van der Waals surface area contributed by atoms with Crippen LogP contribution < -0.4 is 5.32 Å². The molecule has 0 saturated heterocycles. The molecule has 0 amide bonds. The molecule has 1 rings (SSSR count). The summed E-state index contributed by atoms with van der Waals surface area (Å²) in [4.78, 5) is 0. The van der Waals surface area contributed by atoms with Crippen molar-refractivity contribution < 1.29 is 5.11 Å². The molecule has 0 heterocycles. The fourth-order valence-electron chi connectivity index (χ4n) is 0.981. The van der Waals surface area contributed by atoms with E-state index in [0.29, 0.717) is 5.75 Å². The molecule has 0 aliphatic heterocycles. The third-order valence-corrected chi connectivity index (χ3v) is 1.57. The molecule has 0 fully saturated rings. The van der Waals surface area contributed by atoms with Gasteiger partial charge in [-0.1, -0.05) is 12.1 Å². The third-order valence-electron chi connectivity index (χ3n) is 1.57. The quantitative estimate of drug-likeness (QED) is 0.630. The van der Waals surface area contributed by atoms with Crippen LogP contribution in [-0.2, 0) is 6.42 Å². The number of hydrogen-bond donors (Lipinski definition) is 2. The first-order chi connectivity index (χ1) is 5.33. The van der Waals surface area contributed by atoms with Crippen molar-refractivity contribution in [1.82, 2.24) is 5.32 Å². The summed E-state index contributed by atoms with van der Waals surface area (Å²) in [7, 11) is 1.92. The topological polar surface area (TPSA) is 32.3 Å². The molecule has 0 atom stereocenters. The van der Waals surface area contributed by atoms with Crippen molar-refractivity contribution in [3.05, 3.63) is 29.8 Å². The first kappa shape index (κ1) is 11.6. The van der Waals surface area contributed by atoms with E-state index in [1.807, 2.05) is 19.2 Å². The number of hydrogen-bond acceptors (Lipinski definition) is 2. The number of benzene rings is 1. The summed E-state index contributed by atoms with van der Waals surface area (Å²) in [6, 6.07) is 7.34. The van der Waals surface area contributed by atoms with Gasteiger partial charge in [-0.25, -0.2) is 0 Å². The van der Waals surface area contributed by atoms with Crippen LogP contribution >= 0.6 is 0 Å². The van der Waals surface area contributed by atoms with Crippen molar-refractivity contribution in [1.29, 1.82) is 0 Å². The van der Waals surface area contributed by atoms with E-state index in [1.165, 1.54) is 5.56 Å². The first-order valence-corrected chi connectivity index (χ1v) is 3.75. The van der Waals surface area contributed by atoms with Gasteiger partial charge in [0.15, 0.2) is 0 Å². The molecule has 3 heteroatoms. The summed E-state index contributed by atoms with van der Waals surface area (Å²) in [6.45, 7) is 0.948. The molecule has 0 spiro atoms. The number of phenols is 1. The van der Waals surface area contributed by atoms with Crippen LogP contribution in [0.2, 0.25) is 0 Å².